The molecular formula is C18H28N2O3S. The highest BCUT2D eigenvalue weighted by Crippen LogP contribution is 2.24. The molecule has 24 heavy (non-hydrogen) atoms. The quantitative estimate of drug-likeness (QED) is 0.886. The Balaban J connectivity index is 2.19. The first-order valence-corrected chi connectivity index (χ1v) is 10.1. The van der Waals surface area contributed by atoms with Gasteiger partial charge in [-0.25, -0.2) is 8.42 Å². The topological polar surface area (TPSA) is 66.5 Å². The van der Waals surface area contributed by atoms with Crippen LogP contribution < -0.4 is 5.32 Å². The van der Waals surface area contributed by atoms with Crippen molar-refractivity contribution >= 4 is 15.9 Å². The lowest BCUT2D eigenvalue weighted by Gasteiger charge is -2.29. The Bertz CT molecular complexity index is 677. The molecule has 0 unspecified atom stereocenters. The SMILES string of the molecule is CC1CCN(S(=O)(=O)c2cccc(C(=O)N[C@H](C)C(C)C)c2)CC1. The molecule has 0 spiro atoms. The number of nitrogens with one attached hydrogen (secondary N) is 1. The number of hydrogen-bond donors (Lipinski definition) is 1. The fourth-order valence-electron chi connectivity index (χ4n) is 2.63. The number of nitrogens with zero attached hydrogens (tertiary/aromatic N) is 1. The summed E-state index contributed by atoms with van der Waals surface area (Å²) in [6, 6.07) is 6.36. The molecule has 1 heterocycles. The van der Waals surface area contributed by atoms with Gasteiger partial charge in [0.1, 0.15) is 0 Å². The van der Waals surface area contributed by atoms with Gasteiger partial charge < -0.3 is 5.32 Å². The standard InChI is InChI=1S/C18H28N2O3S/c1-13(2)15(4)19-18(21)16-6-5-7-17(12-16)24(22,23)20-10-8-14(3)9-11-20/h5-7,12-15H,8-11H2,1-4H3,(H,19,21)/t15-/m1/s1. The molecule has 1 saturated heterocycles. The minimum Gasteiger partial charge on any atom is -0.349 e. The van der Waals surface area contributed by atoms with E-state index in [0.717, 1.165) is 12.8 Å². The van der Waals surface area contributed by atoms with Crippen molar-refractivity contribution in [3.05, 3.63) is 29.8 Å². The minimum absolute atomic E-state index is 0.0290. The van der Waals surface area contributed by atoms with Crippen LogP contribution in [0.4, 0.5) is 0 Å². The van der Waals surface area contributed by atoms with Crippen LogP contribution in [0.3, 0.4) is 0 Å². The Morgan fingerprint density at radius 2 is 1.83 bits per heavy atom. The number of carbonyl (C=O) groups is 1. The number of carbonyl (C=O) groups excluding carboxylic acids is 1. The van der Waals surface area contributed by atoms with E-state index in [4.69, 9.17) is 0 Å². The van der Waals surface area contributed by atoms with Gasteiger partial charge in [0.2, 0.25) is 10.0 Å². The first-order valence-electron chi connectivity index (χ1n) is 8.63. The number of hydrogen-bond acceptors (Lipinski definition) is 3. The average Bonchev–Trinajstić information content (AvgIpc) is 2.55. The summed E-state index contributed by atoms with van der Waals surface area (Å²) in [6.45, 7) is 9.24. The van der Waals surface area contributed by atoms with Gasteiger partial charge in [-0.15, -0.1) is 0 Å². The predicted molar refractivity (Wildman–Crippen MR) is 95.4 cm³/mol. The average molecular weight is 353 g/mol. The lowest BCUT2D eigenvalue weighted by molar-refractivity contribution is 0.0930. The Labute approximate surface area is 145 Å². The zero-order valence-corrected chi connectivity index (χ0v) is 15.8. The first-order chi connectivity index (χ1) is 11.2. The summed E-state index contributed by atoms with van der Waals surface area (Å²) in [4.78, 5) is 12.5. The molecule has 1 fully saturated rings. The van der Waals surface area contributed by atoms with Gasteiger partial charge in [0.15, 0.2) is 0 Å². The predicted octanol–water partition coefficient (Wildman–Crippen LogP) is 2.88. The smallest absolute Gasteiger partial charge is 0.251 e. The van der Waals surface area contributed by atoms with E-state index >= 15 is 0 Å². The maximum Gasteiger partial charge on any atom is 0.251 e. The van der Waals surface area contributed by atoms with E-state index in [1.54, 1.807) is 18.2 Å². The van der Waals surface area contributed by atoms with Crippen molar-refractivity contribution in [3.8, 4) is 0 Å². The molecule has 1 aromatic carbocycles. The number of piperidine rings is 1. The Kier molecular flexibility index (Phi) is 6.04. The first kappa shape index (κ1) is 18.9. The van der Waals surface area contributed by atoms with Crippen molar-refractivity contribution in [2.45, 2.75) is 51.5 Å². The third kappa shape index (κ3) is 4.36. The maximum absolute atomic E-state index is 12.8. The largest absolute Gasteiger partial charge is 0.349 e. The van der Waals surface area contributed by atoms with Crippen LogP contribution in [0.5, 0.6) is 0 Å². The Morgan fingerprint density at radius 1 is 1.21 bits per heavy atom. The molecule has 1 N–H and O–H groups in total. The van der Waals surface area contributed by atoms with Crippen molar-refractivity contribution in [2.75, 3.05) is 13.1 Å². The van der Waals surface area contributed by atoms with Crippen LogP contribution in [0.15, 0.2) is 29.2 Å². The summed E-state index contributed by atoms with van der Waals surface area (Å²) in [5, 5.41) is 2.91. The van der Waals surface area contributed by atoms with Crippen LogP contribution in [-0.4, -0.2) is 37.8 Å². The summed E-state index contributed by atoms with van der Waals surface area (Å²) in [5.41, 5.74) is 0.383. The van der Waals surface area contributed by atoms with Crippen LogP contribution in [0, 0.1) is 11.8 Å². The molecule has 0 aromatic heterocycles. The van der Waals surface area contributed by atoms with Gasteiger partial charge >= 0.3 is 0 Å². The second-order valence-electron chi connectivity index (χ2n) is 7.12. The molecule has 0 aliphatic carbocycles. The highest BCUT2D eigenvalue weighted by atomic mass is 32.2. The second-order valence-corrected chi connectivity index (χ2v) is 9.06. The molecule has 2 rings (SSSR count). The van der Waals surface area contributed by atoms with E-state index in [1.807, 2.05) is 20.8 Å². The summed E-state index contributed by atoms with van der Waals surface area (Å²) in [6.07, 6.45) is 1.76. The van der Waals surface area contributed by atoms with Gasteiger partial charge in [0.05, 0.1) is 4.90 Å². The molecule has 1 aliphatic heterocycles. The van der Waals surface area contributed by atoms with E-state index in [9.17, 15) is 13.2 Å². The molecule has 0 saturated carbocycles. The fraction of sp³-hybridized carbons (Fsp3) is 0.611. The van der Waals surface area contributed by atoms with Crippen molar-refractivity contribution in [3.63, 3.8) is 0 Å². The summed E-state index contributed by atoms with van der Waals surface area (Å²) >= 11 is 0. The lowest BCUT2D eigenvalue weighted by Crippen LogP contribution is -2.38. The van der Waals surface area contributed by atoms with Crippen LogP contribution >= 0.6 is 0 Å². The number of rotatable bonds is 5. The van der Waals surface area contributed by atoms with Crippen molar-refractivity contribution in [2.24, 2.45) is 11.8 Å². The highest BCUT2D eigenvalue weighted by Gasteiger charge is 2.28. The van der Waals surface area contributed by atoms with Crippen molar-refractivity contribution < 1.29 is 13.2 Å². The highest BCUT2D eigenvalue weighted by molar-refractivity contribution is 7.89. The van der Waals surface area contributed by atoms with Gasteiger partial charge in [0, 0.05) is 24.7 Å². The van der Waals surface area contributed by atoms with E-state index in [0.29, 0.717) is 30.5 Å². The van der Waals surface area contributed by atoms with Gasteiger partial charge in [-0.05, 0) is 49.8 Å². The molecule has 1 atom stereocenters. The molecule has 134 valence electrons. The van der Waals surface area contributed by atoms with Crippen molar-refractivity contribution in [1.29, 1.82) is 0 Å². The second kappa shape index (κ2) is 7.66. The van der Waals surface area contributed by atoms with E-state index < -0.39 is 10.0 Å². The molecular weight excluding hydrogens is 324 g/mol. The number of sulfonamides is 1. The van der Waals surface area contributed by atoms with E-state index in [1.165, 1.54) is 10.4 Å². The molecule has 6 heteroatoms. The normalized spacial score (nSPS) is 18.5. The van der Waals surface area contributed by atoms with Gasteiger partial charge in [0.25, 0.3) is 5.91 Å². The molecule has 0 bridgehead atoms. The molecule has 5 nitrogen and oxygen atoms in total. The third-order valence-corrected chi connectivity index (χ3v) is 6.73. The summed E-state index contributed by atoms with van der Waals surface area (Å²) in [5.74, 6) is 0.641. The Morgan fingerprint density at radius 3 is 2.42 bits per heavy atom. The number of amides is 1. The van der Waals surface area contributed by atoms with Crippen LogP contribution in [0.2, 0.25) is 0 Å². The van der Waals surface area contributed by atoms with Crippen LogP contribution in [0.25, 0.3) is 0 Å². The number of benzene rings is 1. The van der Waals surface area contributed by atoms with E-state index in [2.05, 4.69) is 12.2 Å². The van der Waals surface area contributed by atoms with E-state index in [-0.39, 0.29) is 16.8 Å². The molecule has 0 radical (unpaired) electrons. The molecule has 1 aromatic rings. The third-order valence-electron chi connectivity index (χ3n) is 4.84. The van der Waals surface area contributed by atoms with Crippen molar-refractivity contribution in [1.82, 2.24) is 9.62 Å². The molecule has 1 aliphatic rings. The Hall–Kier alpha value is -1.40. The zero-order valence-electron chi connectivity index (χ0n) is 15.0. The van der Waals surface area contributed by atoms with Gasteiger partial charge in [-0.1, -0.05) is 26.8 Å². The summed E-state index contributed by atoms with van der Waals surface area (Å²) in [7, 11) is -3.53. The maximum atomic E-state index is 12.8. The molecule has 1 amide bonds. The minimum atomic E-state index is -3.53. The summed E-state index contributed by atoms with van der Waals surface area (Å²) < 4.78 is 27.1. The zero-order chi connectivity index (χ0) is 17.9. The fourth-order valence-corrected chi connectivity index (χ4v) is 4.15. The lowest BCUT2D eigenvalue weighted by atomic mass is 10.0. The monoisotopic (exact) mass is 352 g/mol. The van der Waals surface area contributed by atoms with Gasteiger partial charge in [-0.3, -0.25) is 4.79 Å². The van der Waals surface area contributed by atoms with Crippen LogP contribution in [0.1, 0.15) is 50.9 Å². The van der Waals surface area contributed by atoms with Gasteiger partial charge in [-0.2, -0.15) is 4.31 Å². The van der Waals surface area contributed by atoms with Crippen LogP contribution in [-0.2, 0) is 10.0 Å².